The Kier molecular flexibility index (Phi) is 5.37. The van der Waals surface area contributed by atoms with Crippen LogP contribution in [0.4, 0.5) is 0 Å². The number of benzene rings is 1. The van der Waals surface area contributed by atoms with Crippen molar-refractivity contribution in [3.63, 3.8) is 0 Å². The topological polar surface area (TPSA) is 62.6 Å². The summed E-state index contributed by atoms with van der Waals surface area (Å²) in [7, 11) is 1.58. The molecular weight excluding hydrogens is 336 g/mol. The minimum atomic E-state index is -0.257. The summed E-state index contributed by atoms with van der Waals surface area (Å²) < 4.78 is 11.1. The molecule has 6 heteroatoms. The fourth-order valence-electron chi connectivity index (χ4n) is 2.02. The van der Waals surface area contributed by atoms with Crippen molar-refractivity contribution in [2.75, 3.05) is 33.4 Å². The maximum absolute atomic E-state index is 12.3. The molecule has 5 nitrogen and oxygen atoms in total. The molecule has 1 fully saturated rings. The van der Waals surface area contributed by atoms with E-state index in [9.17, 15) is 10.1 Å². The average Bonchev–Trinajstić information content (AvgIpc) is 2.53. The standard InChI is InChI=1S/C15H15BrN2O3/c1-20-14-3-2-11(9-13(14)16)8-12(10-17)15(19)18-4-6-21-7-5-18/h2-3,8-9H,4-7H2,1H3. The molecule has 0 saturated carbocycles. The fourth-order valence-corrected chi connectivity index (χ4v) is 2.58. The highest BCUT2D eigenvalue weighted by Crippen LogP contribution is 2.26. The summed E-state index contributed by atoms with van der Waals surface area (Å²) in [5, 5.41) is 9.23. The zero-order chi connectivity index (χ0) is 15.2. The van der Waals surface area contributed by atoms with Gasteiger partial charge in [-0.1, -0.05) is 6.07 Å². The van der Waals surface area contributed by atoms with Crippen molar-refractivity contribution in [1.82, 2.24) is 4.90 Å². The zero-order valence-corrected chi connectivity index (χ0v) is 13.2. The molecule has 1 heterocycles. The Morgan fingerprint density at radius 1 is 1.48 bits per heavy atom. The van der Waals surface area contributed by atoms with Gasteiger partial charge in [0.15, 0.2) is 0 Å². The number of methoxy groups -OCH3 is 1. The molecule has 2 rings (SSSR count). The molecule has 0 aromatic heterocycles. The third kappa shape index (κ3) is 3.84. The number of halogens is 1. The molecule has 1 saturated heterocycles. The van der Waals surface area contributed by atoms with Crippen LogP contribution in [0.5, 0.6) is 5.75 Å². The monoisotopic (exact) mass is 350 g/mol. The first kappa shape index (κ1) is 15.5. The van der Waals surface area contributed by atoms with E-state index in [0.717, 1.165) is 10.0 Å². The van der Waals surface area contributed by atoms with Crippen molar-refractivity contribution >= 4 is 27.9 Å². The Labute approximate surface area is 131 Å². The second kappa shape index (κ2) is 7.25. The molecule has 0 bridgehead atoms. The van der Waals surface area contributed by atoms with Gasteiger partial charge in [0.1, 0.15) is 17.4 Å². The summed E-state index contributed by atoms with van der Waals surface area (Å²) in [6, 6.07) is 7.37. The highest BCUT2D eigenvalue weighted by atomic mass is 79.9. The van der Waals surface area contributed by atoms with Gasteiger partial charge in [-0.15, -0.1) is 0 Å². The Morgan fingerprint density at radius 3 is 2.76 bits per heavy atom. The summed E-state index contributed by atoms with van der Waals surface area (Å²) in [4.78, 5) is 13.9. The maximum atomic E-state index is 12.3. The van der Waals surface area contributed by atoms with Crippen molar-refractivity contribution in [2.24, 2.45) is 0 Å². The summed E-state index contributed by atoms with van der Waals surface area (Å²) in [6.45, 7) is 2.06. The number of morpholine rings is 1. The molecule has 0 unspecified atom stereocenters. The van der Waals surface area contributed by atoms with Crippen LogP contribution in [-0.2, 0) is 9.53 Å². The van der Waals surface area contributed by atoms with Crippen molar-refractivity contribution < 1.29 is 14.3 Å². The molecule has 1 amide bonds. The van der Waals surface area contributed by atoms with Gasteiger partial charge < -0.3 is 14.4 Å². The lowest BCUT2D eigenvalue weighted by Gasteiger charge is -2.26. The van der Waals surface area contributed by atoms with Crippen LogP contribution in [0, 0.1) is 11.3 Å². The number of nitriles is 1. The van der Waals surface area contributed by atoms with E-state index in [1.54, 1.807) is 30.2 Å². The average molecular weight is 351 g/mol. The van der Waals surface area contributed by atoms with E-state index in [4.69, 9.17) is 9.47 Å². The van der Waals surface area contributed by atoms with E-state index >= 15 is 0 Å². The molecule has 1 aliphatic heterocycles. The largest absolute Gasteiger partial charge is 0.496 e. The second-order valence-corrected chi connectivity index (χ2v) is 5.32. The van der Waals surface area contributed by atoms with Crippen LogP contribution in [0.15, 0.2) is 28.2 Å². The number of hydrogen-bond donors (Lipinski definition) is 0. The van der Waals surface area contributed by atoms with Gasteiger partial charge in [-0.05, 0) is 39.7 Å². The lowest BCUT2D eigenvalue weighted by molar-refractivity contribution is -0.130. The van der Waals surface area contributed by atoms with Gasteiger partial charge in [0.25, 0.3) is 5.91 Å². The first-order chi connectivity index (χ1) is 10.2. The fraction of sp³-hybridized carbons (Fsp3) is 0.333. The number of carbonyl (C=O) groups is 1. The van der Waals surface area contributed by atoms with Crippen LogP contribution in [0.2, 0.25) is 0 Å². The van der Waals surface area contributed by atoms with Crippen LogP contribution in [0.25, 0.3) is 6.08 Å². The van der Waals surface area contributed by atoms with Gasteiger partial charge in [-0.2, -0.15) is 5.26 Å². The van der Waals surface area contributed by atoms with E-state index in [0.29, 0.717) is 32.1 Å². The van der Waals surface area contributed by atoms with E-state index < -0.39 is 0 Å². The van der Waals surface area contributed by atoms with Gasteiger partial charge >= 0.3 is 0 Å². The number of hydrogen-bond acceptors (Lipinski definition) is 4. The van der Waals surface area contributed by atoms with Crippen molar-refractivity contribution in [3.05, 3.63) is 33.8 Å². The van der Waals surface area contributed by atoms with Crippen molar-refractivity contribution in [3.8, 4) is 11.8 Å². The predicted octanol–water partition coefficient (Wildman–Crippen LogP) is 2.22. The lowest BCUT2D eigenvalue weighted by atomic mass is 10.1. The zero-order valence-electron chi connectivity index (χ0n) is 11.6. The summed E-state index contributed by atoms with van der Waals surface area (Å²) >= 11 is 3.38. The summed E-state index contributed by atoms with van der Waals surface area (Å²) in [6.07, 6.45) is 1.59. The quantitative estimate of drug-likeness (QED) is 0.619. The number of nitrogens with zero attached hydrogens (tertiary/aromatic N) is 2. The van der Waals surface area contributed by atoms with Crippen LogP contribution >= 0.6 is 15.9 Å². The molecule has 1 aromatic carbocycles. The maximum Gasteiger partial charge on any atom is 0.264 e. The second-order valence-electron chi connectivity index (χ2n) is 4.47. The molecule has 1 aliphatic rings. The van der Waals surface area contributed by atoms with E-state index in [1.807, 2.05) is 12.1 Å². The van der Waals surface area contributed by atoms with E-state index in [1.165, 1.54) is 0 Å². The van der Waals surface area contributed by atoms with Crippen LogP contribution in [0.3, 0.4) is 0 Å². The third-order valence-electron chi connectivity index (χ3n) is 3.14. The van der Waals surface area contributed by atoms with E-state index in [2.05, 4.69) is 15.9 Å². The van der Waals surface area contributed by atoms with Crippen LogP contribution in [-0.4, -0.2) is 44.2 Å². The third-order valence-corrected chi connectivity index (χ3v) is 3.76. The van der Waals surface area contributed by atoms with Crippen LogP contribution < -0.4 is 4.74 Å². The number of amides is 1. The molecular formula is C15H15BrN2O3. The summed E-state index contributed by atoms with van der Waals surface area (Å²) in [5.74, 6) is 0.443. The molecule has 1 aromatic rings. The molecule has 110 valence electrons. The predicted molar refractivity (Wildman–Crippen MR) is 81.7 cm³/mol. The highest BCUT2D eigenvalue weighted by molar-refractivity contribution is 9.10. The van der Waals surface area contributed by atoms with Gasteiger partial charge in [0.2, 0.25) is 0 Å². The smallest absolute Gasteiger partial charge is 0.264 e. The van der Waals surface area contributed by atoms with Gasteiger partial charge in [-0.3, -0.25) is 4.79 Å². The first-order valence-corrected chi connectivity index (χ1v) is 7.27. The van der Waals surface area contributed by atoms with Gasteiger partial charge in [0.05, 0.1) is 24.8 Å². The SMILES string of the molecule is COc1ccc(C=C(C#N)C(=O)N2CCOCC2)cc1Br. The highest BCUT2D eigenvalue weighted by Gasteiger charge is 2.20. The molecule has 0 aliphatic carbocycles. The molecule has 0 spiro atoms. The van der Waals surface area contributed by atoms with Crippen molar-refractivity contribution in [2.45, 2.75) is 0 Å². The lowest BCUT2D eigenvalue weighted by Crippen LogP contribution is -2.41. The minimum absolute atomic E-state index is 0.119. The molecule has 0 atom stereocenters. The Balaban J connectivity index is 2.22. The normalized spacial score (nSPS) is 15.5. The van der Waals surface area contributed by atoms with E-state index in [-0.39, 0.29) is 11.5 Å². The Morgan fingerprint density at radius 2 is 2.19 bits per heavy atom. The molecule has 0 N–H and O–H groups in total. The van der Waals surface area contributed by atoms with Gasteiger partial charge in [0, 0.05) is 13.1 Å². The van der Waals surface area contributed by atoms with Gasteiger partial charge in [-0.25, -0.2) is 0 Å². The number of carbonyl (C=O) groups excluding carboxylic acids is 1. The Hall–Kier alpha value is -1.84. The van der Waals surface area contributed by atoms with Crippen LogP contribution in [0.1, 0.15) is 5.56 Å². The molecule has 0 radical (unpaired) electrons. The summed E-state index contributed by atoms with van der Waals surface area (Å²) in [5.41, 5.74) is 0.884. The number of ether oxygens (including phenoxy) is 2. The minimum Gasteiger partial charge on any atom is -0.496 e. The number of rotatable bonds is 3. The molecule has 21 heavy (non-hydrogen) atoms. The first-order valence-electron chi connectivity index (χ1n) is 6.48. The van der Waals surface area contributed by atoms with Crippen molar-refractivity contribution in [1.29, 1.82) is 5.26 Å². The Bertz CT molecular complexity index is 601.